The fourth-order valence-corrected chi connectivity index (χ4v) is 4.14. The third-order valence-corrected chi connectivity index (χ3v) is 5.34. The fourth-order valence-electron chi connectivity index (χ4n) is 2.00. The molecule has 0 aromatic heterocycles. The number of hydrogen-bond donors (Lipinski definition) is 1. The smallest absolute Gasteiger partial charge is 0.244 e. The maximum atomic E-state index is 12.7. The van der Waals surface area contributed by atoms with Crippen molar-refractivity contribution >= 4 is 21.6 Å². The Morgan fingerprint density at radius 3 is 2.50 bits per heavy atom. The summed E-state index contributed by atoms with van der Waals surface area (Å²) in [5.74, 6) is 0.268. The van der Waals surface area contributed by atoms with Gasteiger partial charge in [-0.2, -0.15) is 4.31 Å². The van der Waals surface area contributed by atoms with Gasteiger partial charge in [-0.15, -0.1) is 0 Å². The van der Waals surface area contributed by atoms with Gasteiger partial charge in [0.15, 0.2) is 0 Å². The molecule has 0 heterocycles. The van der Waals surface area contributed by atoms with Crippen LogP contribution < -0.4 is 5.32 Å². The lowest BCUT2D eigenvalue weighted by atomic mass is 10.2. The van der Waals surface area contributed by atoms with E-state index in [2.05, 4.69) is 5.32 Å². The zero-order chi connectivity index (χ0) is 15.3. The van der Waals surface area contributed by atoms with E-state index in [-0.39, 0.29) is 15.8 Å². The third-order valence-electron chi connectivity index (χ3n) is 2.92. The summed E-state index contributed by atoms with van der Waals surface area (Å²) < 4.78 is 26.9. The van der Waals surface area contributed by atoms with Crippen molar-refractivity contribution in [1.82, 2.24) is 9.62 Å². The number of sulfonamides is 1. The predicted octanol–water partition coefficient (Wildman–Crippen LogP) is 2.73. The first kappa shape index (κ1) is 17.4. The Balaban J connectivity index is 3.22. The van der Waals surface area contributed by atoms with Crippen LogP contribution in [-0.4, -0.2) is 32.9 Å². The first-order valence-electron chi connectivity index (χ1n) is 6.76. The van der Waals surface area contributed by atoms with E-state index in [1.54, 1.807) is 12.1 Å². The van der Waals surface area contributed by atoms with Crippen LogP contribution in [0, 0.1) is 5.92 Å². The Labute approximate surface area is 127 Å². The van der Waals surface area contributed by atoms with E-state index in [0.29, 0.717) is 19.6 Å². The molecule has 114 valence electrons. The summed E-state index contributed by atoms with van der Waals surface area (Å²) in [4.78, 5) is 0.189. The Morgan fingerprint density at radius 1 is 1.35 bits per heavy atom. The highest BCUT2D eigenvalue weighted by atomic mass is 35.5. The Morgan fingerprint density at radius 2 is 2.00 bits per heavy atom. The van der Waals surface area contributed by atoms with Crippen LogP contribution in [0.4, 0.5) is 0 Å². The van der Waals surface area contributed by atoms with Crippen molar-refractivity contribution < 1.29 is 8.42 Å². The minimum Gasteiger partial charge on any atom is -0.316 e. The number of nitrogens with one attached hydrogen (secondary N) is 1. The van der Waals surface area contributed by atoms with E-state index < -0.39 is 10.0 Å². The SMILES string of the molecule is CCN(CC(C)C)S(=O)(=O)c1cc(CNC)ccc1Cl. The average molecular weight is 319 g/mol. The number of nitrogens with zero attached hydrogens (tertiary/aromatic N) is 1. The second-order valence-corrected chi connectivity index (χ2v) is 7.46. The van der Waals surface area contributed by atoms with Crippen molar-refractivity contribution in [3.63, 3.8) is 0 Å². The number of rotatable bonds is 7. The molecule has 0 saturated heterocycles. The van der Waals surface area contributed by atoms with Crippen molar-refractivity contribution in [3.05, 3.63) is 28.8 Å². The summed E-state index contributed by atoms with van der Waals surface area (Å²) in [6.45, 7) is 7.37. The molecule has 6 heteroatoms. The number of halogens is 1. The summed E-state index contributed by atoms with van der Waals surface area (Å²) in [6.07, 6.45) is 0. The van der Waals surface area contributed by atoms with E-state index >= 15 is 0 Å². The second-order valence-electron chi connectivity index (χ2n) is 5.14. The molecule has 0 aliphatic carbocycles. The van der Waals surface area contributed by atoms with Crippen LogP contribution in [0.5, 0.6) is 0 Å². The summed E-state index contributed by atoms with van der Waals surface area (Å²) in [5, 5.41) is 3.28. The fraction of sp³-hybridized carbons (Fsp3) is 0.571. The highest BCUT2D eigenvalue weighted by Crippen LogP contribution is 2.26. The van der Waals surface area contributed by atoms with Crippen molar-refractivity contribution in [1.29, 1.82) is 0 Å². The minimum atomic E-state index is -3.54. The summed E-state index contributed by atoms with van der Waals surface area (Å²) in [7, 11) is -1.72. The lowest BCUT2D eigenvalue weighted by molar-refractivity contribution is 0.381. The molecule has 0 unspecified atom stereocenters. The van der Waals surface area contributed by atoms with Gasteiger partial charge in [-0.05, 0) is 30.7 Å². The van der Waals surface area contributed by atoms with Gasteiger partial charge in [0.25, 0.3) is 0 Å². The lowest BCUT2D eigenvalue weighted by Gasteiger charge is -2.23. The van der Waals surface area contributed by atoms with Gasteiger partial charge in [0, 0.05) is 19.6 Å². The average Bonchev–Trinajstić information content (AvgIpc) is 2.38. The van der Waals surface area contributed by atoms with Crippen LogP contribution in [0.1, 0.15) is 26.3 Å². The molecule has 0 saturated carbocycles. The zero-order valence-electron chi connectivity index (χ0n) is 12.5. The van der Waals surface area contributed by atoms with Crippen LogP contribution in [-0.2, 0) is 16.6 Å². The number of benzene rings is 1. The number of hydrogen-bond acceptors (Lipinski definition) is 3. The molecular weight excluding hydrogens is 296 g/mol. The molecule has 1 aromatic carbocycles. The quantitative estimate of drug-likeness (QED) is 0.841. The summed E-state index contributed by atoms with van der Waals surface area (Å²) in [5.41, 5.74) is 0.899. The minimum absolute atomic E-state index is 0.189. The highest BCUT2D eigenvalue weighted by Gasteiger charge is 2.26. The van der Waals surface area contributed by atoms with Crippen LogP contribution in [0.2, 0.25) is 5.02 Å². The van der Waals surface area contributed by atoms with E-state index in [0.717, 1.165) is 5.56 Å². The molecule has 0 spiro atoms. The highest BCUT2D eigenvalue weighted by molar-refractivity contribution is 7.89. The topological polar surface area (TPSA) is 49.4 Å². The van der Waals surface area contributed by atoms with Gasteiger partial charge in [-0.1, -0.05) is 38.4 Å². The molecule has 1 N–H and O–H groups in total. The zero-order valence-corrected chi connectivity index (χ0v) is 14.1. The van der Waals surface area contributed by atoms with Crippen molar-refractivity contribution in [3.8, 4) is 0 Å². The maximum Gasteiger partial charge on any atom is 0.244 e. The molecule has 20 heavy (non-hydrogen) atoms. The molecule has 0 aliphatic rings. The Kier molecular flexibility index (Phi) is 6.45. The molecule has 0 bridgehead atoms. The Bertz CT molecular complexity index is 544. The van der Waals surface area contributed by atoms with E-state index in [4.69, 9.17) is 11.6 Å². The van der Waals surface area contributed by atoms with Crippen LogP contribution in [0.25, 0.3) is 0 Å². The van der Waals surface area contributed by atoms with Crippen molar-refractivity contribution in [2.45, 2.75) is 32.2 Å². The van der Waals surface area contributed by atoms with Gasteiger partial charge in [-0.25, -0.2) is 8.42 Å². The molecular formula is C14H23ClN2O2S. The lowest BCUT2D eigenvalue weighted by Crippen LogP contribution is -2.34. The standard InChI is InChI=1S/C14H23ClN2O2S/c1-5-17(10-11(2)3)20(18,19)14-8-12(9-16-4)6-7-13(14)15/h6-8,11,16H,5,9-10H2,1-4H3. The molecule has 0 fully saturated rings. The van der Waals surface area contributed by atoms with Gasteiger partial charge in [0.2, 0.25) is 10.0 Å². The largest absolute Gasteiger partial charge is 0.316 e. The van der Waals surface area contributed by atoms with Gasteiger partial charge >= 0.3 is 0 Å². The molecule has 0 aliphatic heterocycles. The van der Waals surface area contributed by atoms with Gasteiger partial charge in [0.1, 0.15) is 4.90 Å². The monoisotopic (exact) mass is 318 g/mol. The normalized spacial score (nSPS) is 12.3. The summed E-state index contributed by atoms with van der Waals surface area (Å²) in [6, 6.07) is 5.12. The predicted molar refractivity (Wildman–Crippen MR) is 83.5 cm³/mol. The molecule has 1 aromatic rings. The molecule has 0 radical (unpaired) electrons. The Hall–Kier alpha value is -0.620. The molecule has 1 rings (SSSR count). The van der Waals surface area contributed by atoms with Crippen LogP contribution >= 0.6 is 11.6 Å². The maximum absolute atomic E-state index is 12.7. The second kappa shape index (κ2) is 7.41. The first-order chi connectivity index (χ1) is 9.32. The third kappa shape index (κ3) is 4.19. The van der Waals surface area contributed by atoms with Gasteiger partial charge < -0.3 is 5.32 Å². The van der Waals surface area contributed by atoms with E-state index in [1.165, 1.54) is 4.31 Å². The van der Waals surface area contributed by atoms with Crippen molar-refractivity contribution in [2.75, 3.05) is 20.1 Å². The van der Waals surface area contributed by atoms with E-state index in [9.17, 15) is 8.42 Å². The molecule has 4 nitrogen and oxygen atoms in total. The molecule has 0 amide bonds. The van der Waals surface area contributed by atoms with Crippen LogP contribution in [0.3, 0.4) is 0 Å². The van der Waals surface area contributed by atoms with Crippen molar-refractivity contribution in [2.24, 2.45) is 5.92 Å². The van der Waals surface area contributed by atoms with Crippen LogP contribution in [0.15, 0.2) is 23.1 Å². The van der Waals surface area contributed by atoms with E-state index in [1.807, 2.05) is 33.9 Å². The molecule has 0 atom stereocenters. The first-order valence-corrected chi connectivity index (χ1v) is 8.57. The summed E-state index contributed by atoms with van der Waals surface area (Å²) >= 11 is 6.09. The van der Waals surface area contributed by atoms with Gasteiger partial charge in [-0.3, -0.25) is 0 Å². The van der Waals surface area contributed by atoms with Gasteiger partial charge in [0.05, 0.1) is 5.02 Å².